The number of nitrogens with two attached hydrogens (primary N) is 1. The lowest BCUT2D eigenvalue weighted by atomic mass is 10.0. The lowest BCUT2D eigenvalue weighted by Gasteiger charge is -2.22. The van der Waals surface area contributed by atoms with Crippen LogP contribution in [-0.4, -0.2) is 216 Å². The van der Waals surface area contributed by atoms with Crippen LogP contribution in [0.15, 0.2) is 52.4 Å². The average Bonchev–Trinajstić information content (AvgIpc) is 3.84. The number of carbonyl (C=O) groups excluding carboxylic acids is 4. The van der Waals surface area contributed by atoms with Crippen LogP contribution in [0.4, 0.5) is 33.7 Å². The van der Waals surface area contributed by atoms with E-state index in [0.717, 1.165) is 0 Å². The topological polar surface area (TPSA) is 334 Å². The Morgan fingerprint density at radius 1 is 0.663 bits per heavy atom. The molecule has 0 bridgehead atoms. The van der Waals surface area contributed by atoms with Crippen LogP contribution < -0.4 is 21.1 Å². The Hall–Kier alpha value is -6.40. The highest BCUT2D eigenvalue weighted by molar-refractivity contribution is 7.85. The average molecular weight is 1210 g/mol. The van der Waals surface area contributed by atoms with Gasteiger partial charge < -0.3 is 73.2 Å². The normalized spacial score (nSPS) is 12.3. The Morgan fingerprint density at radius 2 is 1.13 bits per heavy atom. The number of nitrogens with zero attached hydrogens (tertiary/aromatic N) is 4. The highest BCUT2D eigenvalue weighted by atomic mass is 32.2. The summed E-state index contributed by atoms with van der Waals surface area (Å²) in [6.07, 6.45) is 5.34. The van der Waals surface area contributed by atoms with Gasteiger partial charge >= 0.3 is 22.2 Å². The Bertz CT molecular complexity index is 2620. The Labute approximate surface area is 476 Å². The van der Waals surface area contributed by atoms with Gasteiger partial charge in [0.1, 0.15) is 18.8 Å². The zero-order valence-corrected chi connectivity index (χ0v) is 46.4. The van der Waals surface area contributed by atoms with E-state index in [0.29, 0.717) is 120 Å². The molecule has 0 saturated carbocycles. The van der Waals surface area contributed by atoms with Crippen LogP contribution in [0, 0.1) is 23.3 Å². The van der Waals surface area contributed by atoms with Crippen LogP contribution in [0.25, 0.3) is 6.08 Å². The van der Waals surface area contributed by atoms with Gasteiger partial charge in [-0.05, 0) is 24.6 Å². The molecule has 462 valence electrons. The van der Waals surface area contributed by atoms with Crippen LogP contribution in [-0.2, 0) is 76.7 Å². The fourth-order valence-corrected chi connectivity index (χ4v) is 7.32. The lowest BCUT2D eigenvalue weighted by Crippen LogP contribution is -2.37. The van der Waals surface area contributed by atoms with Crippen LogP contribution in [0.3, 0.4) is 0 Å². The van der Waals surface area contributed by atoms with Crippen molar-refractivity contribution in [3.63, 3.8) is 0 Å². The summed E-state index contributed by atoms with van der Waals surface area (Å²) < 4.78 is 150. The van der Waals surface area contributed by atoms with Gasteiger partial charge in [-0.25, -0.2) is 33.6 Å². The van der Waals surface area contributed by atoms with Crippen molar-refractivity contribution >= 4 is 57.3 Å². The molecule has 4 rings (SSSR count). The first-order valence-corrected chi connectivity index (χ1v) is 27.5. The van der Waals surface area contributed by atoms with Gasteiger partial charge in [-0.1, -0.05) is 13.0 Å². The van der Waals surface area contributed by atoms with E-state index in [1.807, 2.05) is 6.92 Å². The third-order valence-electron chi connectivity index (χ3n) is 10.5. The van der Waals surface area contributed by atoms with Crippen molar-refractivity contribution in [2.24, 2.45) is 10.7 Å². The second-order valence-electron chi connectivity index (χ2n) is 16.8. The quantitative estimate of drug-likeness (QED) is 0.0120. The van der Waals surface area contributed by atoms with Gasteiger partial charge in [-0.2, -0.15) is 17.2 Å². The maximum atomic E-state index is 14.0. The number of aliphatic imine (C=N–C) groups is 1. The minimum atomic E-state index is -5.65. The number of alkyl carbamates (subject to hydrolysis) is 1. The molecule has 83 heavy (non-hydrogen) atoms. The number of ether oxygens (including phenoxy) is 12. The first kappa shape index (κ1) is 69.1. The first-order chi connectivity index (χ1) is 40.1. The number of anilines is 1. The summed E-state index contributed by atoms with van der Waals surface area (Å²) in [7, 11) is -5.65. The van der Waals surface area contributed by atoms with Crippen molar-refractivity contribution in [2.45, 2.75) is 31.1 Å². The molecule has 0 atom stereocenters. The number of hydrogen-bond donors (Lipinski definition) is 4. The van der Waals surface area contributed by atoms with Crippen molar-refractivity contribution in [1.82, 2.24) is 20.3 Å². The van der Waals surface area contributed by atoms with E-state index < -0.39 is 74.3 Å². The number of nitrogens with one attached hydrogen (secondary N) is 2. The summed E-state index contributed by atoms with van der Waals surface area (Å²) in [6.45, 7) is 7.60. The second kappa shape index (κ2) is 40.0. The number of fused-ring (bicyclic) bond motifs is 1. The van der Waals surface area contributed by atoms with E-state index in [4.69, 9.17) is 67.2 Å². The van der Waals surface area contributed by atoms with Gasteiger partial charge in [0.05, 0.1) is 169 Å². The second-order valence-corrected chi connectivity index (χ2v) is 18.2. The van der Waals surface area contributed by atoms with Gasteiger partial charge in [0, 0.05) is 36.2 Å². The molecule has 0 fully saturated rings. The molecule has 0 unspecified atom stereocenters. The summed E-state index contributed by atoms with van der Waals surface area (Å²) in [5.41, 5.74) is 8.29. The fraction of sp³-hybridized carbons (Fsp3) is 0.549. The maximum Gasteiger partial charge on any atom is 0.407 e. The number of hydroxylamine groups is 2. The highest BCUT2D eigenvalue weighted by Gasteiger charge is 2.34. The smallest absolute Gasteiger partial charge is 0.407 e. The van der Waals surface area contributed by atoms with Gasteiger partial charge in [-0.3, -0.25) is 23.8 Å². The third-order valence-corrected chi connectivity index (χ3v) is 11.4. The lowest BCUT2D eigenvalue weighted by molar-refractivity contribution is -0.181. The van der Waals surface area contributed by atoms with Gasteiger partial charge in [0.25, 0.3) is 11.8 Å². The van der Waals surface area contributed by atoms with Crippen LogP contribution >= 0.6 is 0 Å². The molecular weight excluding hydrogens is 1140 g/mol. The highest BCUT2D eigenvalue weighted by Crippen LogP contribution is 2.33. The number of halogens is 4. The number of aromatic nitrogens is 2. The van der Waals surface area contributed by atoms with Gasteiger partial charge in [0.2, 0.25) is 17.4 Å². The molecule has 1 aliphatic heterocycles. The van der Waals surface area contributed by atoms with Crippen LogP contribution in [0.5, 0.6) is 5.75 Å². The molecule has 3 amide bonds. The Morgan fingerprint density at radius 3 is 1.60 bits per heavy atom. The molecule has 5 N–H and O–H groups in total. The van der Waals surface area contributed by atoms with E-state index in [2.05, 4.69) is 30.3 Å². The van der Waals surface area contributed by atoms with E-state index in [1.54, 1.807) is 24.3 Å². The van der Waals surface area contributed by atoms with Gasteiger partial charge in [-0.15, -0.1) is 0 Å². The number of amidine groups is 1. The number of hydrogen-bond acceptors (Lipinski definition) is 23. The monoisotopic (exact) mass is 1210 g/mol. The van der Waals surface area contributed by atoms with Crippen molar-refractivity contribution in [2.75, 3.05) is 164 Å². The maximum absolute atomic E-state index is 14.0. The van der Waals surface area contributed by atoms with Crippen molar-refractivity contribution in [3.05, 3.63) is 76.9 Å². The summed E-state index contributed by atoms with van der Waals surface area (Å²) in [5.74, 6) is -13.3. The SMILES string of the molecule is CCCN(OCCNC(=O)OCCOCCOCCOCCOCCOCCOCCOCCOCCOCCOCCC(=O)Oc1c(F)c(F)c(S(=O)(=O)O)c(F)c1F)C(=O)C1=Cc2ccc(C(=O)Nc3cncnc3)cc2N=C(N)C1. The Kier molecular flexibility index (Phi) is 33.3. The molecule has 2 aromatic carbocycles. The summed E-state index contributed by atoms with van der Waals surface area (Å²) in [5, 5.41) is 6.50. The number of benzene rings is 2. The van der Waals surface area contributed by atoms with E-state index in [-0.39, 0.29) is 84.8 Å². The number of carbonyl (C=O) groups is 4. The minimum Gasteiger partial charge on any atom is -0.447 e. The molecule has 0 radical (unpaired) electrons. The number of esters is 1. The summed E-state index contributed by atoms with van der Waals surface area (Å²) in [4.78, 5) is 66.1. The standard InChI is InChI=1S/C51H69F4N7O20S/c1-2-7-62(50(65)38-30-36-3-4-37(31-40(36)61-41(56)32-38)49(64)60-39-33-57-35-58-34-39)81-9-6-59-51(66)80-29-28-79-27-26-78-25-24-77-23-22-76-21-20-75-19-18-74-17-16-73-15-14-72-13-12-71-11-10-70-8-5-42(63)82-47-43(52)45(54)48(83(67,68)69)46(55)44(47)53/h3-4,30-31,33-35H,2,5-29,32H2,1H3,(H2,56,61)(H,59,66)(H,60,64)(H,67,68,69). The first-order valence-electron chi connectivity index (χ1n) is 26.0. The largest absolute Gasteiger partial charge is 0.447 e. The van der Waals surface area contributed by atoms with E-state index in [1.165, 1.54) is 23.8 Å². The Balaban J connectivity index is 0.850. The fourth-order valence-electron chi connectivity index (χ4n) is 6.69. The van der Waals surface area contributed by atoms with Crippen molar-refractivity contribution in [3.8, 4) is 5.75 Å². The van der Waals surface area contributed by atoms with E-state index >= 15 is 0 Å². The number of rotatable bonds is 44. The number of amides is 3. The molecule has 2 heterocycles. The zero-order valence-electron chi connectivity index (χ0n) is 45.6. The van der Waals surface area contributed by atoms with Crippen molar-refractivity contribution < 1.29 is 111 Å². The molecule has 1 aromatic heterocycles. The molecule has 0 aliphatic carbocycles. The predicted octanol–water partition coefficient (Wildman–Crippen LogP) is 3.37. The molecule has 0 saturated heterocycles. The van der Waals surface area contributed by atoms with Crippen molar-refractivity contribution in [1.29, 1.82) is 0 Å². The van der Waals surface area contributed by atoms with Crippen LogP contribution in [0.2, 0.25) is 0 Å². The van der Waals surface area contributed by atoms with Gasteiger partial charge in [0.15, 0.2) is 16.5 Å². The molecule has 0 spiro atoms. The molecule has 1 aliphatic rings. The van der Waals surface area contributed by atoms with E-state index in [9.17, 15) is 45.2 Å². The minimum absolute atomic E-state index is 0.00919. The molecular formula is C51H69F4N7O20S. The van der Waals surface area contributed by atoms with Crippen LogP contribution in [0.1, 0.15) is 42.1 Å². The predicted molar refractivity (Wildman–Crippen MR) is 282 cm³/mol. The molecule has 27 nitrogen and oxygen atoms in total. The molecule has 3 aromatic rings. The zero-order chi connectivity index (χ0) is 60.1. The summed E-state index contributed by atoms with van der Waals surface area (Å²) in [6, 6.07) is 4.87. The third kappa shape index (κ3) is 27.2. The molecule has 32 heteroatoms. The summed E-state index contributed by atoms with van der Waals surface area (Å²) >= 11 is 0.